The van der Waals surface area contributed by atoms with Crippen LogP contribution in [0.5, 0.6) is 0 Å². The highest BCUT2D eigenvalue weighted by Crippen LogP contribution is 2.17. The molecule has 18 heavy (non-hydrogen) atoms. The molecule has 1 N–H and O–H groups in total. The average Bonchev–Trinajstić information content (AvgIpc) is 2.30. The Kier molecular flexibility index (Phi) is 3.55. The maximum absolute atomic E-state index is 13.5. The van der Waals surface area contributed by atoms with Gasteiger partial charge in [-0.25, -0.2) is 13.2 Å². The summed E-state index contributed by atoms with van der Waals surface area (Å²) in [5, 5.41) is 2.78. The molecule has 2 aromatic rings. The van der Waals surface area contributed by atoms with E-state index in [1.165, 1.54) is 18.2 Å². The molecule has 0 saturated carbocycles. The van der Waals surface area contributed by atoms with E-state index in [0.717, 1.165) is 11.6 Å². The molecular weight excluding hydrogens is 239 g/mol. The SMILES string of the molecule is Cc1ccc(NCc2ccc(F)cc2F)c(F)c1. The lowest BCUT2D eigenvalue weighted by atomic mass is 10.2. The highest BCUT2D eigenvalue weighted by atomic mass is 19.1. The second kappa shape index (κ2) is 5.12. The number of aryl methyl sites for hydroxylation is 1. The van der Waals surface area contributed by atoms with Crippen LogP contribution in [-0.4, -0.2) is 0 Å². The van der Waals surface area contributed by atoms with Gasteiger partial charge in [0.1, 0.15) is 17.5 Å². The molecule has 0 fully saturated rings. The van der Waals surface area contributed by atoms with Crippen LogP contribution >= 0.6 is 0 Å². The predicted molar refractivity (Wildman–Crippen MR) is 64.8 cm³/mol. The lowest BCUT2D eigenvalue weighted by Gasteiger charge is -2.09. The van der Waals surface area contributed by atoms with Crippen molar-refractivity contribution in [3.63, 3.8) is 0 Å². The van der Waals surface area contributed by atoms with Crippen molar-refractivity contribution in [2.24, 2.45) is 0 Å². The van der Waals surface area contributed by atoms with Crippen molar-refractivity contribution in [2.75, 3.05) is 5.32 Å². The number of hydrogen-bond acceptors (Lipinski definition) is 1. The first-order valence-electron chi connectivity index (χ1n) is 5.50. The predicted octanol–water partition coefficient (Wildman–Crippen LogP) is 4.02. The van der Waals surface area contributed by atoms with Crippen LogP contribution in [0.3, 0.4) is 0 Å². The first kappa shape index (κ1) is 12.5. The van der Waals surface area contributed by atoms with Gasteiger partial charge in [-0.15, -0.1) is 0 Å². The van der Waals surface area contributed by atoms with Crippen molar-refractivity contribution >= 4 is 5.69 Å². The molecule has 0 unspecified atom stereocenters. The van der Waals surface area contributed by atoms with Crippen LogP contribution in [0.2, 0.25) is 0 Å². The lowest BCUT2D eigenvalue weighted by molar-refractivity contribution is 0.573. The number of hydrogen-bond donors (Lipinski definition) is 1. The van der Waals surface area contributed by atoms with Gasteiger partial charge < -0.3 is 5.32 Å². The molecule has 0 atom stereocenters. The summed E-state index contributed by atoms with van der Waals surface area (Å²) in [5.74, 6) is -1.66. The van der Waals surface area contributed by atoms with Crippen molar-refractivity contribution in [2.45, 2.75) is 13.5 Å². The van der Waals surface area contributed by atoms with Crippen LogP contribution in [-0.2, 0) is 6.54 Å². The average molecular weight is 251 g/mol. The second-order valence-corrected chi connectivity index (χ2v) is 4.07. The highest BCUT2D eigenvalue weighted by Gasteiger charge is 2.05. The molecule has 0 aliphatic carbocycles. The van der Waals surface area contributed by atoms with Gasteiger partial charge in [0.2, 0.25) is 0 Å². The van der Waals surface area contributed by atoms with Crippen molar-refractivity contribution in [1.29, 1.82) is 0 Å². The molecule has 0 saturated heterocycles. The molecule has 94 valence electrons. The molecule has 0 aliphatic rings. The van der Waals surface area contributed by atoms with Crippen LogP contribution in [0.4, 0.5) is 18.9 Å². The molecule has 0 heterocycles. The van der Waals surface area contributed by atoms with Gasteiger partial charge in [-0.05, 0) is 30.7 Å². The Labute approximate surface area is 103 Å². The third kappa shape index (κ3) is 2.83. The largest absolute Gasteiger partial charge is 0.378 e. The van der Waals surface area contributed by atoms with Crippen molar-refractivity contribution < 1.29 is 13.2 Å². The van der Waals surface area contributed by atoms with E-state index >= 15 is 0 Å². The van der Waals surface area contributed by atoms with Gasteiger partial charge in [0.05, 0.1) is 5.69 Å². The molecule has 0 amide bonds. The molecule has 0 spiro atoms. The molecular formula is C14H12F3N. The van der Waals surface area contributed by atoms with E-state index in [1.807, 2.05) is 0 Å². The van der Waals surface area contributed by atoms with Crippen LogP contribution < -0.4 is 5.32 Å². The van der Waals surface area contributed by atoms with E-state index in [2.05, 4.69) is 5.32 Å². The van der Waals surface area contributed by atoms with Crippen molar-refractivity contribution in [3.05, 3.63) is 65.0 Å². The summed E-state index contributed by atoms with van der Waals surface area (Å²) >= 11 is 0. The third-order valence-corrected chi connectivity index (χ3v) is 2.61. The zero-order valence-electron chi connectivity index (χ0n) is 9.81. The molecule has 0 aromatic heterocycles. The molecule has 0 radical (unpaired) electrons. The first-order chi connectivity index (χ1) is 8.56. The quantitative estimate of drug-likeness (QED) is 0.868. The summed E-state index contributed by atoms with van der Waals surface area (Å²) in [7, 11) is 0. The van der Waals surface area contributed by atoms with Crippen LogP contribution in [0, 0.1) is 24.4 Å². The van der Waals surface area contributed by atoms with E-state index in [0.29, 0.717) is 5.69 Å². The number of rotatable bonds is 3. The Morgan fingerprint density at radius 1 is 0.944 bits per heavy atom. The summed E-state index contributed by atoms with van der Waals surface area (Å²) in [5.41, 5.74) is 1.40. The molecule has 0 bridgehead atoms. The summed E-state index contributed by atoms with van der Waals surface area (Å²) in [4.78, 5) is 0. The summed E-state index contributed by atoms with van der Waals surface area (Å²) in [6, 6.07) is 8.06. The van der Waals surface area contributed by atoms with Crippen LogP contribution in [0.25, 0.3) is 0 Å². The number of nitrogens with one attached hydrogen (secondary N) is 1. The van der Waals surface area contributed by atoms with Gasteiger partial charge in [-0.1, -0.05) is 12.1 Å². The topological polar surface area (TPSA) is 12.0 Å². The zero-order chi connectivity index (χ0) is 13.1. The van der Waals surface area contributed by atoms with Crippen molar-refractivity contribution in [3.8, 4) is 0 Å². The van der Waals surface area contributed by atoms with Gasteiger partial charge in [-0.2, -0.15) is 0 Å². The third-order valence-electron chi connectivity index (χ3n) is 2.61. The first-order valence-corrected chi connectivity index (χ1v) is 5.50. The highest BCUT2D eigenvalue weighted by molar-refractivity contribution is 5.46. The van der Waals surface area contributed by atoms with E-state index in [4.69, 9.17) is 0 Å². The van der Waals surface area contributed by atoms with Crippen LogP contribution in [0.1, 0.15) is 11.1 Å². The molecule has 1 nitrogen and oxygen atoms in total. The molecule has 0 aliphatic heterocycles. The zero-order valence-corrected chi connectivity index (χ0v) is 9.81. The normalized spacial score (nSPS) is 10.4. The molecule has 2 rings (SSSR count). The van der Waals surface area contributed by atoms with Gasteiger partial charge in [0, 0.05) is 18.2 Å². The Morgan fingerprint density at radius 2 is 1.72 bits per heavy atom. The van der Waals surface area contributed by atoms with Crippen LogP contribution in [0.15, 0.2) is 36.4 Å². The standard InChI is InChI=1S/C14H12F3N/c1-9-2-5-14(13(17)6-9)18-8-10-3-4-11(15)7-12(10)16/h2-7,18H,8H2,1H3. The van der Waals surface area contributed by atoms with Gasteiger partial charge >= 0.3 is 0 Å². The van der Waals surface area contributed by atoms with E-state index in [1.54, 1.807) is 19.1 Å². The van der Waals surface area contributed by atoms with E-state index in [-0.39, 0.29) is 12.1 Å². The monoisotopic (exact) mass is 251 g/mol. The maximum Gasteiger partial charge on any atom is 0.146 e. The minimum Gasteiger partial charge on any atom is -0.378 e. The number of halogens is 3. The van der Waals surface area contributed by atoms with Gasteiger partial charge in [-0.3, -0.25) is 0 Å². The van der Waals surface area contributed by atoms with Crippen molar-refractivity contribution in [1.82, 2.24) is 0 Å². The number of benzene rings is 2. The number of anilines is 1. The fourth-order valence-electron chi connectivity index (χ4n) is 1.62. The Bertz CT molecular complexity index is 515. The molecule has 2 aromatic carbocycles. The van der Waals surface area contributed by atoms with Gasteiger partial charge in [0.15, 0.2) is 0 Å². The minimum atomic E-state index is -0.644. The van der Waals surface area contributed by atoms with E-state index < -0.39 is 17.5 Å². The summed E-state index contributed by atoms with van der Waals surface area (Å²) in [6.45, 7) is 1.89. The summed E-state index contributed by atoms with van der Waals surface area (Å²) in [6.07, 6.45) is 0. The van der Waals surface area contributed by atoms with E-state index in [9.17, 15) is 13.2 Å². The Morgan fingerprint density at radius 3 is 2.39 bits per heavy atom. The second-order valence-electron chi connectivity index (χ2n) is 4.07. The molecule has 4 heteroatoms. The summed E-state index contributed by atoms with van der Waals surface area (Å²) < 4.78 is 39.5. The Balaban J connectivity index is 2.11. The van der Waals surface area contributed by atoms with Gasteiger partial charge in [0.25, 0.3) is 0 Å². The minimum absolute atomic E-state index is 0.103. The fourth-order valence-corrected chi connectivity index (χ4v) is 1.62. The Hall–Kier alpha value is -1.97. The fraction of sp³-hybridized carbons (Fsp3) is 0.143. The lowest BCUT2D eigenvalue weighted by Crippen LogP contribution is -2.03. The maximum atomic E-state index is 13.5. The smallest absolute Gasteiger partial charge is 0.146 e.